The van der Waals surface area contributed by atoms with Crippen molar-refractivity contribution in [2.45, 2.75) is 41.5 Å². The van der Waals surface area contributed by atoms with Crippen LogP contribution in [0.3, 0.4) is 0 Å². The molecule has 0 spiro atoms. The van der Waals surface area contributed by atoms with E-state index in [1.807, 2.05) is 54.7 Å². The predicted octanol–water partition coefficient (Wildman–Crippen LogP) is 3.61. The summed E-state index contributed by atoms with van der Waals surface area (Å²) in [6.07, 6.45) is 9.42. The van der Waals surface area contributed by atoms with Gasteiger partial charge in [0.2, 0.25) is 0 Å². The summed E-state index contributed by atoms with van der Waals surface area (Å²) in [6.45, 7) is 12.6. The number of nitrogens with zero attached hydrogens (tertiary/aromatic N) is 4. The van der Waals surface area contributed by atoms with Crippen LogP contribution in [0.5, 0.6) is 0 Å². The maximum Gasteiger partial charge on any atom is 0.123 e. The van der Waals surface area contributed by atoms with E-state index < -0.39 is 0 Å². The van der Waals surface area contributed by atoms with Gasteiger partial charge < -0.3 is 24.8 Å². The van der Waals surface area contributed by atoms with E-state index in [1.54, 1.807) is 24.7 Å². The summed E-state index contributed by atoms with van der Waals surface area (Å²) in [7, 11) is 1.85. The molecule has 1 radical (unpaired) electrons. The summed E-state index contributed by atoms with van der Waals surface area (Å²) in [4.78, 5) is 11.2. The molecule has 0 aliphatic rings. The minimum atomic E-state index is 0. The Kier molecular flexibility index (Phi) is 26.8. The molecule has 3 heterocycles. The van der Waals surface area contributed by atoms with Gasteiger partial charge in [0.25, 0.3) is 0 Å². The van der Waals surface area contributed by atoms with Crippen molar-refractivity contribution >= 4 is 5.82 Å². The van der Waals surface area contributed by atoms with Crippen molar-refractivity contribution in [2.75, 3.05) is 18.9 Å². The molecule has 0 bridgehead atoms. The van der Waals surface area contributed by atoms with E-state index in [0.29, 0.717) is 5.62 Å². The van der Waals surface area contributed by atoms with E-state index in [0.717, 1.165) is 17.9 Å². The SMILES string of the molecule is CC.CC.CCN=c1n[c-]c(C)c(NC)[nH]1.[Y].c1cn[nH]c1.c1cnoc1. The first-order valence-corrected chi connectivity index (χ1v) is 8.72. The van der Waals surface area contributed by atoms with Crippen molar-refractivity contribution in [1.82, 2.24) is 25.3 Å². The van der Waals surface area contributed by atoms with Crippen LogP contribution in [0, 0.1) is 13.1 Å². The Morgan fingerprint density at radius 2 is 1.89 bits per heavy atom. The minimum absolute atomic E-state index is 0. The summed E-state index contributed by atoms with van der Waals surface area (Å²) < 4.78 is 4.33. The molecule has 149 valence electrons. The van der Waals surface area contributed by atoms with Crippen molar-refractivity contribution in [1.29, 1.82) is 0 Å². The molecule has 0 aliphatic heterocycles. The topological polar surface area (TPSA) is 108 Å². The van der Waals surface area contributed by atoms with Crippen LogP contribution in [0.1, 0.15) is 40.2 Å². The van der Waals surface area contributed by atoms with Crippen LogP contribution in [0.15, 0.2) is 46.5 Å². The summed E-state index contributed by atoms with van der Waals surface area (Å²) in [5.74, 6) is 0.914. The van der Waals surface area contributed by atoms with E-state index in [2.05, 4.69) is 46.4 Å². The number of aromatic nitrogens is 5. The number of hydrogen-bond donors (Lipinski definition) is 3. The second-order valence-corrected chi connectivity index (χ2v) is 3.85. The first kappa shape index (κ1) is 29.9. The van der Waals surface area contributed by atoms with Gasteiger partial charge in [0, 0.05) is 51.6 Å². The van der Waals surface area contributed by atoms with Crippen LogP contribution in [-0.4, -0.2) is 38.9 Å². The van der Waals surface area contributed by atoms with Crippen molar-refractivity contribution in [2.24, 2.45) is 4.99 Å². The summed E-state index contributed by atoms with van der Waals surface area (Å²) in [5, 5.41) is 12.6. The zero-order valence-corrected chi connectivity index (χ0v) is 20.3. The van der Waals surface area contributed by atoms with Crippen LogP contribution in [0.4, 0.5) is 5.82 Å². The van der Waals surface area contributed by atoms with Crippen LogP contribution in [0.25, 0.3) is 0 Å². The molecule has 0 fully saturated rings. The molecule has 0 atom stereocenters. The Bertz CT molecular complexity index is 592. The van der Waals surface area contributed by atoms with E-state index >= 15 is 0 Å². The maximum atomic E-state index is 4.33. The average molecular weight is 451 g/mol. The Morgan fingerprint density at radius 3 is 2.22 bits per heavy atom. The zero-order chi connectivity index (χ0) is 20.0. The second kappa shape index (κ2) is 24.2. The van der Waals surface area contributed by atoms with Crippen molar-refractivity contribution in [3.63, 3.8) is 0 Å². The Labute approximate surface area is 187 Å². The van der Waals surface area contributed by atoms with Crippen LogP contribution in [-0.2, 0) is 32.7 Å². The van der Waals surface area contributed by atoms with Gasteiger partial charge in [-0.1, -0.05) is 46.0 Å². The number of H-pyrrole nitrogens is 2. The first-order valence-electron chi connectivity index (χ1n) is 8.72. The third kappa shape index (κ3) is 17.4. The largest absolute Gasteiger partial charge is 0.426 e. The molecular formula is C18H32N7OY-. The number of aryl methyl sites for hydroxylation is 1. The van der Waals surface area contributed by atoms with Gasteiger partial charge in [0.05, 0.1) is 6.20 Å². The van der Waals surface area contributed by atoms with Gasteiger partial charge in [-0.25, -0.2) is 0 Å². The van der Waals surface area contributed by atoms with Gasteiger partial charge in [0.1, 0.15) is 11.9 Å². The predicted molar refractivity (Wildman–Crippen MR) is 106 cm³/mol. The normalized spacial score (nSPS) is 8.63. The molecule has 9 heteroatoms. The van der Waals surface area contributed by atoms with Gasteiger partial charge in [-0.15, -0.1) is 5.56 Å². The van der Waals surface area contributed by atoms with Crippen molar-refractivity contribution in [3.8, 4) is 0 Å². The molecule has 0 amide bonds. The van der Waals surface area contributed by atoms with Gasteiger partial charge in [-0.3, -0.25) is 5.10 Å². The standard InChI is InChI=1S/C8H13N4.C3H4N2.C3H3NO.2C2H6.Y/c1-4-10-8-11-5-6(2)7(9-3)12-8;2*1-2-4-5-3-1;2*1-2;/h4H2,1-3H3,(H2,9,10,11,12);1-3H,(H,4,5);1-3H;2*1-2H3;/q-1;;;;;. The molecular weight excluding hydrogens is 419 g/mol. The molecule has 0 aromatic carbocycles. The Hall–Kier alpha value is -1.80. The fourth-order valence-corrected chi connectivity index (χ4v) is 1.29. The summed E-state index contributed by atoms with van der Waals surface area (Å²) >= 11 is 0. The molecule has 3 N–H and O–H groups in total. The van der Waals surface area contributed by atoms with E-state index in [-0.39, 0.29) is 32.7 Å². The van der Waals surface area contributed by atoms with E-state index in [9.17, 15) is 0 Å². The number of nitrogens with one attached hydrogen (secondary N) is 3. The smallest absolute Gasteiger partial charge is 0.123 e. The monoisotopic (exact) mass is 451 g/mol. The molecule has 3 aromatic rings. The molecule has 3 rings (SSSR count). The van der Waals surface area contributed by atoms with Crippen molar-refractivity contribution in [3.05, 3.63) is 54.4 Å². The summed E-state index contributed by atoms with van der Waals surface area (Å²) in [5.41, 5.74) is 1.58. The third-order valence-corrected chi connectivity index (χ3v) is 2.25. The minimum Gasteiger partial charge on any atom is -0.426 e. The molecule has 27 heavy (non-hydrogen) atoms. The van der Waals surface area contributed by atoms with Gasteiger partial charge >= 0.3 is 0 Å². The van der Waals surface area contributed by atoms with E-state index in [4.69, 9.17) is 0 Å². The molecule has 0 aliphatic carbocycles. The quantitative estimate of drug-likeness (QED) is 0.516. The Balaban J connectivity index is -0.000000320. The van der Waals surface area contributed by atoms with Gasteiger partial charge in [-0.2, -0.15) is 5.10 Å². The molecule has 0 unspecified atom stereocenters. The average Bonchev–Trinajstić information content (AvgIpc) is 3.45. The van der Waals surface area contributed by atoms with Crippen LogP contribution in [0.2, 0.25) is 0 Å². The first-order chi connectivity index (χ1) is 12.8. The molecule has 0 saturated heterocycles. The zero-order valence-electron chi connectivity index (χ0n) is 17.4. The van der Waals surface area contributed by atoms with Gasteiger partial charge in [-0.05, 0) is 31.9 Å². The molecule has 8 nitrogen and oxygen atoms in total. The maximum absolute atomic E-state index is 4.33. The number of anilines is 1. The molecule has 3 aromatic heterocycles. The van der Waals surface area contributed by atoms with E-state index in [1.165, 1.54) is 6.26 Å². The fourth-order valence-electron chi connectivity index (χ4n) is 1.29. The number of hydrogen-bond acceptors (Lipinski definition) is 6. The Morgan fingerprint density at radius 1 is 1.19 bits per heavy atom. The molecule has 0 saturated carbocycles. The van der Waals surface area contributed by atoms with Crippen LogP contribution >= 0.6 is 0 Å². The van der Waals surface area contributed by atoms with Gasteiger partial charge in [0.15, 0.2) is 0 Å². The number of rotatable bonds is 2. The fraction of sp³-hybridized carbons (Fsp3) is 0.444. The van der Waals surface area contributed by atoms with Crippen molar-refractivity contribution < 1.29 is 37.2 Å². The number of aromatic amines is 2. The summed E-state index contributed by atoms with van der Waals surface area (Å²) in [6, 6.07) is 3.56. The second-order valence-electron chi connectivity index (χ2n) is 3.85. The van der Waals surface area contributed by atoms with Crippen LogP contribution < -0.4 is 10.9 Å². The third-order valence-electron chi connectivity index (χ3n) is 2.25.